The molecule has 68 valence electrons. The van der Waals surface area contributed by atoms with Gasteiger partial charge < -0.3 is 15.5 Å². The molecule has 2 atom stereocenters. The lowest BCUT2D eigenvalue weighted by Crippen LogP contribution is -2.64. The van der Waals surface area contributed by atoms with Crippen LogP contribution in [0.15, 0.2) is 0 Å². The third-order valence-electron chi connectivity index (χ3n) is 2.84. The normalized spacial score (nSPS) is 35.8. The lowest BCUT2D eigenvalue weighted by Gasteiger charge is -2.42. The number of hydrogen-bond donors (Lipinski definition) is 2. The number of urea groups is 1. The van der Waals surface area contributed by atoms with E-state index < -0.39 is 0 Å². The van der Waals surface area contributed by atoms with E-state index in [-0.39, 0.29) is 6.03 Å². The number of carbonyl (C=O) groups excluding carboxylic acids is 1. The number of likely N-dealkylation sites (N-methyl/N-ethyl adjacent to an activating group) is 1. The molecule has 2 amide bonds. The molecule has 0 aromatic rings. The Hall–Kier alpha value is -0.770. The Morgan fingerprint density at radius 2 is 2.42 bits per heavy atom. The van der Waals surface area contributed by atoms with Crippen molar-refractivity contribution in [1.82, 2.24) is 15.5 Å². The molecule has 0 spiro atoms. The maximum Gasteiger partial charge on any atom is 0.317 e. The van der Waals surface area contributed by atoms with Crippen molar-refractivity contribution in [3.8, 4) is 0 Å². The summed E-state index contributed by atoms with van der Waals surface area (Å²) in [6.07, 6.45) is 2.32. The first kappa shape index (κ1) is 7.86. The number of carbonyl (C=O) groups is 1. The maximum absolute atomic E-state index is 11.2. The predicted octanol–water partition coefficient (Wildman–Crippen LogP) is -0.238. The Balaban J connectivity index is 2.08. The van der Waals surface area contributed by atoms with E-state index in [4.69, 9.17) is 0 Å². The summed E-state index contributed by atoms with van der Waals surface area (Å²) in [5.74, 6) is 0. The highest BCUT2D eigenvalue weighted by Gasteiger charge is 2.34. The molecule has 2 heterocycles. The molecular weight excluding hydrogens is 154 g/mol. The quantitative estimate of drug-likeness (QED) is 0.526. The minimum atomic E-state index is 0.0694. The van der Waals surface area contributed by atoms with Gasteiger partial charge in [0.05, 0.1) is 6.04 Å². The maximum atomic E-state index is 11.2. The molecule has 4 nitrogen and oxygen atoms in total. The fourth-order valence-electron chi connectivity index (χ4n) is 2.08. The molecule has 2 saturated heterocycles. The summed E-state index contributed by atoms with van der Waals surface area (Å²) >= 11 is 0. The van der Waals surface area contributed by atoms with Crippen molar-refractivity contribution in [2.24, 2.45) is 0 Å². The molecule has 0 aromatic carbocycles. The molecule has 2 aliphatic rings. The summed E-state index contributed by atoms with van der Waals surface area (Å²) in [5.41, 5.74) is 0. The van der Waals surface area contributed by atoms with E-state index in [2.05, 4.69) is 10.6 Å². The second-order valence-electron chi connectivity index (χ2n) is 3.57. The first-order chi connectivity index (χ1) is 5.79. The molecule has 12 heavy (non-hydrogen) atoms. The van der Waals surface area contributed by atoms with Crippen molar-refractivity contribution < 1.29 is 4.79 Å². The van der Waals surface area contributed by atoms with Crippen LogP contribution < -0.4 is 10.6 Å². The molecule has 4 heteroatoms. The fraction of sp³-hybridized carbons (Fsp3) is 0.875. The van der Waals surface area contributed by atoms with Gasteiger partial charge in [-0.15, -0.1) is 0 Å². The Labute approximate surface area is 72.3 Å². The first-order valence-corrected chi connectivity index (χ1v) is 4.53. The van der Waals surface area contributed by atoms with Gasteiger partial charge >= 0.3 is 6.03 Å². The minimum Gasteiger partial charge on any atom is -0.336 e. The average molecular weight is 169 g/mol. The molecule has 2 fully saturated rings. The van der Waals surface area contributed by atoms with Gasteiger partial charge in [-0.25, -0.2) is 4.79 Å². The van der Waals surface area contributed by atoms with Crippen LogP contribution in [0.1, 0.15) is 12.8 Å². The van der Waals surface area contributed by atoms with Crippen molar-refractivity contribution in [3.05, 3.63) is 0 Å². The predicted molar refractivity (Wildman–Crippen MR) is 46.0 cm³/mol. The van der Waals surface area contributed by atoms with E-state index in [1.165, 1.54) is 6.42 Å². The van der Waals surface area contributed by atoms with Gasteiger partial charge in [0.2, 0.25) is 0 Å². The Bertz CT molecular complexity index is 195. The fourth-order valence-corrected chi connectivity index (χ4v) is 2.08. The summed E-state index contributed by atoms with van der Waals surface area (Å²) < 4.78 is 0. The third kappa shape index (κ3) is 1.16. The summed E-state index contributed by atoms with van der Waals surface area (Å²) in [5, 5.41) is 6.27. The Kier molecular flexibility index (Phi) is 1.92. The van der Waals surface area contributed by atoms with Crippen molar-refractivity contribution in [2.45, 2.75) is 24.9 Å². The number of rotatable bonds is 0. The number of amides is 2. The van der Waals surface area contributed by atoms with Crippen molar-refractivity contribution in [3.63, 3.8) is 0 Å². The molecule has 2 N–H and O–H groups in total. The van der Waals surface area contributed by atoms with Crippen LogP contribution in [0.5, 0.6) is 0 Å². The van der Waals surface area contributed by atoms with Crippen LogP contribution in [0, 0.1) is 0 Å². The summed E-state index contributed by atoms with van der Waals surface area (Å²) in [6.45, 7) is 1.87. The average Bonchev–Trinajstić information content (AvgIpc) is 2.12. The van der Waals surface area contributed by atoms with Gasteiger partial charge in [-0.1, -0.05) is 0 Å². The van der Waals surface area contributed by atoms with E-state index in [0.29, 0.717) is 12.1 Å². The van der Waals surface area contributed by atoms with Crippen LogP contribution in [-0.4, -0.2) is 43.2 Å². The van der Waals surface area contributed by atoms with Gasteiger partial charge in [-0.2, -0.15) is 0 Å². The highest BCUT2D eigenvalue weighted by Crippen LogP contribution is 2.16. The number of nitrogens with zero attached hydrogens (tertiary/aromatic N) is 1. The molecular formula is C8H15N3O. The zero-order valence-electron chi connectivity index (χ0n) is 7.34. The monoisotopic (exact) mass is 169 g/mol. The molecule has 2 aliphatic heterocycles. The second-order valence-corrected chi connectivity index (χ2v) is 3.57. The van der Waals surface area contributed by atoms with Crippen LogP contribution >= 0.6 is 0 Å². The smallest absolute Gasteiger partial charge is 0.317 e. The molecule has 2 rings (SSSR count). The molecule has 0 radical (unpaired) electrons. The van der Waals surface area contributed by atoms with Gasteiger partial charge in [0.1, 0.15) is 0 Å². The topological polar surface area (TPSA) is 44.4 Å². The molecule has 0 aliphatic carbocycles. The summed E-state index contributed by atoms with van der Waals surface area (Å²) in [7, 11) is 1.87. The van der Waals surface area contributed by atoms with E-state index in [1.807, 2.05) is 11.9 Å². The molecule has 0 bridgehead atoms. The zero-order valence-corrected chi connectivity index (χ0v) is 7.34. The van der Waals surface area contributed by atoms with E-state index in [9.17, 15) is 4.79 Å². The van der Waals surface area contributed by atoms with Crippen LogP contribution in [-0.2, 0) is 0 Å². The van der Waals surface area contributed by atoms with Gasteiger partial charge in [0.25, 0.3) is 0 Å². The lowest BCUT2D eigenvalue weighted by molar-refractivity contribution is 0.132. The third-order valence-corrected chi connectivity index (χ3v) is 2.84. The standard InChI is InChI=1S/C8H15N3O/c1-11-7-3-2-4-9-6(7)5-10-8(11)12/h6-7,9H,2-5H2,1H3,(H,10,12)/t6-,7-/m0/s1. The second kappa shape index (κ2) is 2.94. The number of nitrogens with one attached hydrogen (secondary N) is 2. The van der Waals surface area contributed by atoms with Gasteiger partial charge in [-0.05, 0) is 19.4 Å². The minimum absolute atomic E-state index is 0.0694. The van der Waals surface area contributed by atoms with Crippen LogP contribution in [0.25, 0.3) is 0 Å². The van der Waals surface area contributed by atoms with Gasteiger partial charge in [-0.3, -0.25) is 0 Å². The zero-order chi connectivity index (χ0) is 8.55. The molecule has 0 saturated carbocycles. The SMILES string of the molecule is CN1C(=O)NC[C@@H]2NCCC[C@@H]21. The highest BCUT2D eigenvalue weighted by molar-refractivity contribution is 5.75. The van der Waals surface area contributed by atoms with Crippen LogP contribution in [0.4, 0.5) is 4.79 Å². The number of hydrogen-bond acceptors (Lipinski definition) is 2. The van der Waals surface area contributed by atoms with Crippen LogP contribution in [0.3, 0.4) is 0 Å². The Morgan fingerprint density at radius 3 is 3.25 bits per heavy atom. The summed E-state index contributed by atoms with van der Waals surface area (Å²) in [6, 6.07) is 0.939. The van der Waals surface area contributed by atoms with Gasteiger partial charge in [0, 0.05) is 19.6 Å². The van der Waals surface area contributed by atoms with Crippen molar-refractivity contribution >= 4 is 6.03 Å². The lowest BCUT2D eigenvalue weighted by atomic mass is 9.96. The van der Waals surface area contributed by atoms with Gasteiger partial charge in [0.15, 0.2) is 0 Å². The number of fused-ring (bicyclic) bond motifs is 1. The highest BCUT2D eigenvalue weighted by atomic mass is 16.2. The van der Waals surface area contributed by atoms with E-state index >= 15 is 0 Å². The molecule has 0 unspecified atom stereocenters. The van der Waals surface area contributed by atoms with Crippen LogP contribution in [0.2, 0.25) is 0 Å². The van der Waals surface area contributed by atoms with E-state index in [0.717, 1.165) is 19.5 Å². The largest absolute Gasteiger partial charge is 0.336 e. The number of piperidine rings is 1. The summed E-state index contributed by atoms with van der Waals surface area (Å²) in [4.78, 5) is 13.1. The van der Waals surface area contributed by atoms with Crippen molar-refractivity contribution in [1.29, 1.82) is 0 Å². The van der Waals surface area contributed by atoms with Crippen molar-refractivity contribution in [2.75, 3.05) is 20.1 Å². The molecule has 0 aromatic heterocycles. The first-order valence-electron chi connectivity index (χ1n) is 4.53. The van der Waals surface area contributed by atoms with E-state index in [1.54, 1.807) is 0 Å². The Morgan fingerprint density at radius 1 is 1.58 bits per heavy atom.